The maximum absolute atomic E-state index is 10.8. The second-order valence-electron chi connectivity index (χ2n) is 2.40. The molecule has 0 aromatic carbocycles. The summed E-state index contributed by atoms with van der Waals surface area (Å²) in [5.74, 6) is -0.240. The van der Waals surface area contributed by atoms with Crippen LogP contribution < -0.4 is 0 Å². The molecular weight excluding hydrogens is 160 g/mol. The number of esters is 1. The summed E-state index contributed by atoms with van der Waals surface area (Å²) in [6, 6.07) is 0. The predicted octanol–water partition coefficient (Wildman–Crippen LogP) is -1.10. The summed E-state index contributed by atoms with van der Waals surface area (Å²) >= 11 is 0. The van der Waals surface area contributed by atoms with E-state index in [-0.39, 0.29) is 20.7 Å². The van der Waals surface area contributed by atoms with Crippen molar-refractivity contribution < 1.29 is 9.53 Å². The van der Waals surface area contributed by atoms with Gasteiger partial charge < -0.3 is 4.74 Å². The van der Waals surface area contributed by atoms with Gasteiger partial charge >= 0.3 is 5.97 Å². The van der Waals surface area contributed by atoms with E-state index < -0.39 is 0 Å². The molecule has 0 radical (unpaired) electrons. The lowest BCUT2D eigenvalue weighted by molar-refractivity contribution is -0.140. The standard InChI is InChI=1S/C6H14O2Si2/c1-4(2)6(7)8-5(3)10-9/h5H,1,10H2,2-3,9H3. The van der Waals surface area contributed by atoms with Crippen molar-refractivity contribution in [3.8, 4) is 0 Å². The highest BCUT2D eigenvalue weighted by molar-refractivity contribution is 6.90. The highest BCUT2D eigenvalue weighted by Gasteiger charge is 2.06. The van der Waals surface area contributed by atoms with Crippen LogP contribution in [0.2, 0.25) is 0 Å². The second kappa shape index (κ2) is 4.46. The number of ether oxygens (including phenoxy) is 1. The molecule has 1 atom stereocenters. The lowest BCUT2D eigenvalue weighted by atomic mass is 10.4. The zero-order chi connectivity index (χ0) is 8.15. The molecule has 10 heavy (non-hydrogen) atoms. The van der Waals surface area contributed by atoms with Gasteiger partial charge in [-0.15, -0.1) is 0 Å². The van der Waals surface area contributed by atoms with Gasteiger partial charge in [-0.05, 0) is 23.6 Å². The van der Waals surface area contributed by atoms with E-state index in [0.29, 0.717) is 5.57 Å². The van der Waals surface area contributed by atoms with Crippen LogP contribution in [-0.2, 0) is 9.53 Å². The molecule has 0 bridgehead atoms. The molecule has 0 amide bonds. The highest BCUT2D eigenvalue weighted by atomic mass is 29.1. The van der Waals surface area contributed by atoms with Crippen molar-refractivity contribution in [2.45, 2.75) is 19.6 Å². The number of hydrogen-bond donors (Lipinski definition) is 0. The van der Waals surface area contributed by atoms with Gasteiger partial charge in [0.2, 0.25) is 0 Å². The third kappa shape index (κ3) is 3.63. The zero-order valence-electron chi connectivity index (χ0n) is 6.81. The third-order valence-corrected chi connectivity index (χ3v) is 6.00. The topological polar surface area (TPSA) is 26.3 Å². The normalized spacial score (nSPS) is 13.8. The first-order valence-corrected chi connectivity index (χ1v) is 9.91. The van der Waals surface area contributed by atoms with Crippen LogP contribution in [0, 0.1) is 0 Å². The fourth-order valence-electron chi connectivity index (χ4n) is 0.367. The van der Waals surface area contributed by atoms with Crippen molar-refractivity contribution in [3.05, 3.63) is 12.2 Å². The van der Waals surface area contributed by atoms with Crippen molar-refractivity contribution in [1.82, 2.24) is 0 Å². The minimum atomic E-state index is -0.240. The zero-order valence-corrected chi connectivity index (χ0v) is 10.2. The fourth-order valence-corrected chi connectivity index (χ4v) is 1.18. The van der Waals surface area contributed by atoms with Crippen molar-refractivity contribution in [3.63, 3.8) is 0 Å². The van der Waals surface area contributed by atoms with Crippen molar-refractivity contribution in [1.29, 1.82) is 0 Å². The second-order valence-corrected chi connectivity index (χ2v) is 6.82. The summed E-state index contributed by atoms with van der Waals surface area (Å²) in [4.78, 5) is 10.8. The summed E-state index contributed by atoms with van der Waals surface area (Å²) < 4.78 is 5.02. The molecule has 0 aliphatic heterocycles. The quantitative estimate of drug-likeness (QED) is 0.308. The monoisotopic (exact) mass is 174 g/mol. The van der Waals surface area contributed by atoms with Crippen molar-refractivity contribution in [2.24, 2.45) is 0 Å². The van der Waals surface area contributed by atoms with Gasteiger partial charge in [0, 0.05) is 5.57 Å². The highest BCUT2D eigenvalue weighted by Crippen LogP contribution is 1.95. The Morgan fingerprint density at radius 3 is 2.60 bits per heavy atom. The van der Waals surface area contributed by atoms with Gasteiger partial charge in [0.1, 0.15) is 0 Å². The maximum atomic E-state index is 10.8. The number of hydrogen-bond acceptors (Lipinski definition) is 2. The van der Waals surface area contributed by atoms with Gasteiger partial charge in [-0.3, -0.25) is 0 Å². The van der Waals surface area contributed by atoms with E-state index in [1.54, 1.807) is 6.92 Å². The van der Waals surface area contributed by atoms with Gasteiger partial charge in [0.15, 0.2) is 0 Å². The van der Waals surface area contributed by atoms with Gasteiger partial charge in [-0.25, -0.2) is 4.79 Å². The Morgan fingerprint density at radius 1 is 1.80 bits per heavy atom. The molecule has 0 aliphatic carbocycles. The average molecular weight is 174 g/mol. The fraction of sp³-hybridized carbons (Fsp3) is 0.500. The lowest BCUT2D eigenvalue weighted by Crippen LogP contribution is -2.21. The van der Waals surface area contributed by atoms with Crippen LogP contribution in [0.3, 0.4) is 0 Å². The molecule has 0 aromatic rings. The Morgan fingerprint density at radius 2 is 2.30 bits per heavy atom. The van der Waals surface area contributed by atoms with E-state index >= 15 is 0 Å². The van der Waals surface area contributed by atoms with Crippen LogP contribution in [0.5, 0.6) is 0 Å². The number of rotatable bonds is 3. The molecule has 0 rings (SSSR count). The largest absolute Gasteiger partial charge is 0.464 e. The Balaban J connectivity index is 3.68. The van der Waals surface area contributed by atoms with Gasteiger partial charge in [-0.2, -0.15) is 0 Å². The summed E-state index contributed by atoms with van der Waals surface area (Å²) in [5, 5.41) is 0. The minimum Gasteiger partial charge on any atom is -0.464 e. The molecule has 1 unspecified atom stereocenters. The number of carbonyl (C=O) groups is 1. The molecule has 4 heteroatoms. The van der Waals surface area contributed by atoms with Crippen molar-refractivity contribution in [2.75, 3.05) is 0 Å². The Kier molecular flexibility index (Phi) is 4.30. The Hall–Kier alpha value is -0.356. The van der Waals surface area contributed by atoms with Crippen LogP contribution in [-0.4, -0.2) is 30.5 Å². The molecule has 0 spiro atoms. The molecule has 0 saturated heterocycles. The summed E-state index contributed by atoms with van der Waals surface area (Å²) in [7, 11) is 1.12. The molecule has 0 fully saturated rings. The molecule has 0 heterocycles. The predicted molar refractivity (Wildman–Crippen MR) is 48.9 cm³/mol. The first kappa shape index (κ1) is 9.64. The van der Waals surface area contributed by atoms with E-state index in [9.17, 15) is 4.79 Å². The van der Waals surface area contributed by atoms with Gasteiger partial charge in [0.05, 0.1) is 14.8 Å². The minimum absolute atomic E-state index is 0.0817. The first-order valence-electron chi connectivity index (χ1n) is 3.44. The molecule has 0 aromatic heterocycles. The molecule has 58 valence electrons. The molecule has 2 nitrogen and oxygen atoms in total. The van der Waals surface area contributed by atoms with E-state index in [1.165, 1.54) is 9.76 Å². The average Bonchev–Trinajstić information content (AvgIpc) is 1.87. The lowest BCUT2D eigenvalue weighted by Gasteiger charge is -2.09. The van der Waals surface area contributed by atoms with E-state index in [4.69, 9.17) is 4.74 Å². The van der Waals surface area contributed by atoms with Crippen LogP contribution >= 0.6 is 0 Å². The summed E-state index contributed by atoms with van der Waals surface area (Å²) in [6.45, 7) is 7.12. The van der Waals surface area contributed by atoms with E-state index in [0.717, 1.165) is 0 Å². The van der Waals surface area contributed by atoms with Crippen LogP contribution in [0.15, 0.2) is 12.2 Å². The summed E-state index contributed by atoms with van der Waals surface area (Å²) in [5.41, 5.74) is 0.701. The molecule has 0 N–H and O–H groups in total. The third-order valence-electron chi connectivity index (χ3n) is 1.23. The van der Waals surface area contributed by atoms with E-state index in [2.05, 4.69) is 6.58 Å². The van der Waals surface area contributed by atoms with Gasteiger partial charge in [0.25, 0.3) is 0 Å². The molecule has 0 aliphatic rings. The molecular formula is C6H14O2Si2. The summed E-state index contributed by atoms with van der Waals surface area (Å²) in [6.07, 6.45) is 0. The molecule has 0 saturated carbocycles. The van der Waals surface area contributed by atoms with Gasteiger partial charge in [-0.1, -0.05) is 6.58 Å². The van der Waals surface area contributed by atoms with Crippen LogP contribution in [0.4, 0.5) is 0 Å². The number of carbonyl (C=O) groups excluding carboxylic acids is 1. The Bertz CT molecular complexity index is 145. The SMILES string of the molecule is C=C(C)C(=O)OC(C)[SiH2][SiH3]. The smallest absolute Gasteiger partial charge is 0.333 e. The maximum Gasteiger partial charge on any atom is 0.333 e. The van der Waals surface area contributed by atoms with Crippen LogP contribution in [0.1, 0.15) is 13.8 Å². The van der Waals surface area contributed by atoms with E-state index in [1.807, 2.05) is 6.92 Å². The Labute approximate surface area is 66.7 Å². The van der Waals surface area contributed by atoms with Crippen LogP contribution in [0.25, 0.3) is 0 Å². The first-order chi connectivity index (χ1) is 4.57. The van der Waals surface area contributed by atoms with Crippen molar-refractivity contribution >= 4 is 24.8 Å².